The predicted octanol–water partition coefficient (Wildman–Crippen LogP) is 4.02. The number of H-pyrrole nitrogens is 1. The molecule has 1 aromatic carbocycles. The number of benzene rings is 1. The summed E-state index contributed by atoms with van der Waals surface area (Å²) in [5.74, 6) is 0.834. The van der Waals surface area contributed by atoms with Gasteiger partial charge >= 0.3 is 0 Å². The fourth-order valence-electron chi connectivity index (χ4n) is 2.81. The highest BCUT2D eigenvalue weighted by Gasteiger charge is 2.21. The monoisotopic (exact) mass is 274 g/mol. The Morgan fingerprint density at radius 3 is 3.05 bits per heavy atom. The van der Waals surface area contributed by atoms with Crippen LogP contribution < -0.4 is 5.32 Å². The van der Waals surface area contributed by atoms with Crippen molar-refractivity contribution in [2.75, 3.05) is 6.54 Å². The van der Waals surface area contributed by atoms with Crippen molar-refractivity contribution >= 4 is 10.9 Å². The third kappa shape index (κ3) is 3.40. The Kier molecular flexibility index (Phi) is 4.06. The summed E-state index contributed by atoms with van der Waals surface area (Å²) in [5, 5.41) is 4.73. The summed E-state index contributed by atoms with van der Waals surface area (Å²) in [6.45, 7) is 3.25. The molecule has 0 saturated heterocycles. The van der Waals surface area contributed by atoms with Gasteiger partial charge in [-0.25, -0.2) is 4.39 Å². The molecule has 3 heteroatoms. The van der Waals surface area contributed by atoms with Gasteiger partial charge in [0.25, 0.3) is 0 Å². The van der Waals surface area contributed by atoms with Gasteiger partial charge in [-0.05, 0) is 62.4 Å². The fraction of sp³-hybridized carbons (Fsp3) is 0.529. The summed E-state index contributed by atoms with van der Waals surface area (Å²) in [5.41, 5.74) is 2.16. The zero-order chi connectivity index (χ0) is 13.9. The van der Waals surface area contributed by atoms with Crippen LogP contribution in [0.2, 0.25) is 0 Å². The van der Waals surface area contributed by atoms with Gasteiger partial charge < -0.3 is 10.3 Å². The molecule has 108 valence electrons. The van der Waals surface area contributed by atoms with Gasteiger partial charge in [0.2, 0.25) is 0 Å². The lowest BCUT2D eigenvalue weighted by atomic mass is 10.1. The second kappa shape index (κ2) is 5.96. The van der Waals surface area contributed by atoms with Crippen molar-refractivity contribution in [1.82, 2.24) is 10.3 Å². The van der Waals surface area contributed by atoms with Crippen LogP contribution in [0.15, 0.2) is 24.4 Å². The Hall–Kier alpha value is -1.35. The van der Waals surface area contributed by atoms with Crippen LogP contribution in [0.25, 0.3) is 10.9 Å². The molecule has 1 aliphatic rings. The molecule has 1 aliphatic carbocycles. The number of aromatic amines is 1. The van der Waals surface area contributed by atoms with Gasteiger partial charge in [0.05, 0.1) is 0 Å². The van der Waals surface area contributed by atoms with Gasteiger partial charge in [-0.1, -0.05) is 12.8 Å². The van der Waals surface area contributed by atoms with Crippen LogP contribution >= 0.6 is 0 Å². The molecule has 3 rings (SSSR count). The fourth-order valence-corrected chi connectivity index (χ4v) is 2.81. The van der Waals surface area contributed by atoms with Gasteiger partial charge in [0, 0.05) is 23.1 Å². The SMILES string of the molecule is CC(CCC1CC1)NCCc1c[nH]c2cc(F)ccc12. The van der Waals surface area contributed by atoms with Crippen molar-refractivity contribution in [1.29, 1.82) is 0 Å². The average Bonchev–Trinajstić information content (AvgIpc) is 3.18. The smallest absolute Gasteiger partial charge is 0.125 e. The Morgan fingerprint density at radius 2 is 2.25 bits per heavy atom. The molecule has 1 unspecified atom stereocenters. The molecule has 2 nitrogen and oxygen atoms in total. The number of aromatic nitrogens is 1. The Bertz CT molecular complexity index is 571. The van der Waals surface area contributed by atoms with E-state index in [0.717, 1.165) is 29.8 Å². The highest BCUT2D eigenvalue weighted by molar-refractivity contribution is 5.83. The van der Waals surface area contributed by atoms with E-state index in [-0.39, 0.29) is 5.82 Å². The number of rotatable bonds is 7. The summed E-state index contributed by atoms with van der Waals surface area (Å²) in [4.78, 5) is 3.15. The van der Waals surface area contributed by atoms with E-state index in [9.17, 15) is 4.39 Å². The summed E-state index contributed by atoms with van der Waals surface area (Å²) < 4.78 is 13.1. The van der Waals surface area contributed by atoms with Gasteiger partial charge in [0.15, 0.2) is 0 Å². The lowest BCUT2D eigenvalue weighted by molar-refractivity contribution is 0.486. The van der Waals surface area contributed by atoms with Crippen molar-refractivity contribution in [2.45, 2.75) is 45.1 Å². The summed E-state index contributed by atoms with van der Waals surface area (Å²) in [6, 6.07) is 5.56. The van der Waals surface area contributed by atoms with Crippen LogP contribution in [0.4, 0.5) is 4.39 Å². The van der Waals surface area contributed by atoms with Gasteiger partial charge in [0.1, 0.15) is 5.82 Å². The second-order valence-corrected chi connectivity index (χ2v) is 6.13. The van der Waals surface area contributed by atoms with Crippen molar-refractivity contribution < 1.29 is 4.39 Å². The number of nitrogens with one attached hydrogen (secondary N) is 2. The Labute approximate surface area is 119 Å². The molecule has 1 fully saturated rings. The molecule has 1 aromatic heterocycles. The van der Waals surface area contributed by atoms with Gasteiger partial charge in [-0.3, -0.25) is 0 Å². The molecule has 0 amide bonds. The quantitative estimate of drug-likeness (QED) is 0.784. The van der Waals surface area contributed by atoms with Crippen LogP contribution in [0.1, 0.15) is 38.2 Å². The minimum absolute atomic E-state index is 0.183. The lowest BCUT2D eigenvalue weighted by Gasteiger charge is -2.13. The summed E-state index contributed by atoms with van der Waals surface area (Å²) >= 11 is 0. The molecular weight excluding hydrogens is 251 g/mol. The van der Waals surface area contributed by atoms with E-state index in [1.54, 1.807) is 6.07 Å². The molecule has 0 aliphatic heterocycles. The minimum atomic E-state index is -0.183. The molecule has 1 heterocycles. The molecule has 20 heavy (non-hydrogen) atoms. The molecular formula is C17H23FN2. The minimum Gasteiger partial charge on any atom is -0.361 e. The first-order valence-electron chi connectivity index (χ1n) is 7.71. The Morgan fingerprint density at radius 1 is 1.40 bits per heavy atom. The van der Waals surface area contributed by atoms with Crippen LogP contribution in [0.3, 0.4) is 0 Å². The topological polar surface area (TPSA) is 27.8 Å². The van der Waals surface area contributed by atoms with E-state index in [0.29, 0.717) is 6.04 Å². The molecule has 1 atom stereocenters. The zero-order valence-corrected chi connectivity index (χ0v) is 12.1. The maximum Gasteiger partial charge on any atom is 0.125 e. The number of fused-ring (bicyclic) bond motifs is 1. The normalized spacial score (nSPS) is 16.7. The zero-order valence-electron chi connectivity index (χ0n) is 12.1. The van der Waals surface area contributed by atoms with Crippen molar-refractivity contribution in [3.8, 4) is 0 Å². The maximum absolute atomic E-state index is 13.1. The van der Waals surface area contributed by atoms with Crippen LogP contribution in [0.5, 0.6) is 0 Å². The first-order chi connectivity index (χ1) is 9.72. The van der Waals surface area contributed by atoms with Crippen molar-refractivity contribution in [3.63, 3.8) is 0 Å². The standard InChI is InChI=1S/C17H23FN2/c1-12(2-3-13-4-5-13)19-9-8-14-11-20-17-10-15(18)6-7-16(14)17/h6-7,10-13,19-20H,2-5,8-9H2,1H3. The first-order valence-corrected chi connectivity index (χ1v) is 7.71. The lowest BCUT2D eigenvalue weighted by Crippen LogP contribution is -2.28. The van der Waals surface area contributed by atoms with Gasteiger partial charge in [-0.2, -0.15) is 0 Å². The highest BCUT2D eigenvalue weighted by atomic mass is 19.1. The molecule has 0 radical (unpaired) electrons. The largest absolute Gasteiger partial charge is 0.361 e. The molecule has 0 bridgehead atoms. The highest BCUT2D eigenvalue weighted by Crippen LogP contribution is 2.33. The van der Waals surface area contributed by atoms with Crippen molar-refractivity contribution in [2.24, 2.45) is 5.92 Å². The van der Waals surface area contributed by atoms with Crippen LogP contribution in [-0.4, -0.2) is 17.6 Å². The Balaban J connectivity index is 1.49. The van der Waals surface area contributed by atoms with E-state index in [2.05, 4.69) is 17.2 Å². The second-order valence-electron chi connectivity index (χ2n) is 6.13. The third-order valence-corrected chi connectivity index (χ3v) is 4.32. The molecule has 2 N–H and O–H groups in total. The number of halogens is 1. The van der Waals surface area contributed by atoms with E-state index >= 15 is 0 Å². The maximum atomic E-state index is 13.1. The third-order valence-electron chi connectivity index (χ3n) is 4.32. The average molecular weight is 274 g/mol. The van der Waals surface area contributed by atoms with E-state index in [1.807, 2.05) is 12.3 Å². The predicted molar refractivity (Wildman–Crippen MR) is 81.4 cm³/mol. The van der Waals surface area contributed by atoms with E-state index in [4.69, 9.17) is 0 Å². The molecule has 1 saturated carbocycles. The van der Waals surface area contributed by atoms with Gasteiger partial charge in [-0.15, -0.1) is 0 Å². The molecule has 2 aromatic rings. The number of hydrogen-bond acceptors (Lipinski definition) is 1. The van der Waals surface area contributed by atoms with E-state index < -0.39 is 0 Å². The number of hydrogen-bond donors (Lipinski definition) is 2. The van der Waals surface area contributed by atoms with Crippen LogP contribution in [-0.2, 0) is 6.42 Å². The summed E-state index contributed by atoms with van der Waals surface area (Å²) in [7, 11) is 0. The van der Waals surface area contributed by atoms with E-state index in [1.165, 1.54) is 37.3 Å². The van der Waals surface area contributed by atoms with Crippen LogP contribution in [0, 0.1) is 11.7 Å². The first kappa shape index (κ1) is 13.6. The summed E-state index contributed by atoms with van der Waals surface area (Å²) in [6.07, 6.45) is 8.53. The molecule has 0 spiro atoms. The van der Waals surface area contributed by atoms with Crippen molar-refractivity contribution in [3.05, 3.63) is 35.8 Å².